The number of carbonyl (C=O) groups is 1. The van der Waals surface area contributed by atoms with Gasteiger partial charge in [0.2, 0.25) is 0 Å². The number of halogens is 1. The average Bonchev–Trinajstić information content (AvgIpc) is 2.32. The van der Waals surface area contributed by atoms with Gasteiger partial charge in [0.25, 0.3) is 0 Å². The maximum atomic E-state index is 12.4. The summed E-state index contributed by atoms with van der Waals surface area (Å²) >= 11 is 3.45. The highest BCUT2D eigenvalue weighted by molar-refractivity contribution is 9.10. The number of hydrogen-bond donors (Lipinski definition) is 0. The van der Waals surface area contributed by atoms with Crippen LogP contribution in [0.25, 0.3) is 0 Å². The second-order valence-corrected chi connectivity index (χ2v) is 4.91. The molecule has 0 saturated carbocycles. The number of carbonyl (C=O) groups excluding carboxylic acids is 1. The van der Waals surface area contributed by atoms with Gasteiger partial charge in [0.05, 0.1) is 0 Å². The molecule has 0 heterocycles. The summed E-state index contributed by atoms with van der Waals surface area (Å²) in [5.41, 5.74) is 3.53. The largest absolute Gasteiger partial charge is 0.289 e. The van der Waals surface area contributed by atoms with Gasteiger partial charge in [-0.3, -0.25) is 4.79 Å². The van der Waals surface area contributed by atoms with Crippen LogP contribution in [0, 0.1) is 13.8 Å². The number of hydrogen-bond acceptors (Lipinski definition) is 1. The first kappa shape index (κ1) is 12.1. The minimum Gasteiger partial charge on any atom is -0.289 e. The van der Waals surface area contributed by atoms with E-state index in [2.05, 4.69) is 15.9 Å². The van der Waals surface area contributed by atoms with Gasteiger partial charge in [0, 0.05) is 15.6 Å². The molecule has 0 saturated heterocycles. The zero-order valence-corrected chi connectivity index (χ0v) is 11.4. The fraction of sp³-hybridized carbons (Fsp3) is 0.133. The summed E-state index contributed by atoms with van der Waals surface area (Å²) in [6.07, 6.45) is 0. The van der Waals surface area contributed by atoms with Crippen molar-refractivity contribution < 1.29 is 4.79 Å². The molecular weight excluding hydrogens is 276 g/mol. The SMILES string of the molecule is Cc1ccccc1C(=O)c1cccc(Br)c1C. The maximum absolute atomic E-state index is 12.4. The summed E-state index contributed by atoms with van der Waals surface area (Å²) in [5.74, 6) is 0.0851. The average molecular weight is 289 g/mol. The minimum atomic E-state index is 0.0851. The standard InChI is InChI=1S/C15H13BrO/c1-10-6-3-4-7-12(10)15(17)13-8-5-9-14(16)11(13)2/h3-9H,1-2H3. The molecule has 0 aliphatic heterocycles. The Balaban J connectivity index is 2.52. The lowest BCUT2D eigenvalue weighted by atomic mass is 9.96. The highest BCUT2D eigenvalue weighted by Gasteiger charge is 2.14. The Morgan fingerprint density at radius 3 is 2.29 bits per heavy atom. The van der Waals surface area contributed by atoms with Crippen LogP contribution in [0.1, 0.15) is 27.0 Å². The third-order valence-electron chi connectivity index (χ3n) is 2.90. The van der Waals surface area contributed by atoms with Crippen LogP contribution >= 0.6 is 15.9 Å². The van der Waals surface area contributed by atoms with E-state index in [1.54, 1.807) is 0 Å². The number of benzene rings is 2. The molecular formula is C15H13BrO. The zero-order valence-electron chi connectivity index (χ0n) is 9.83. The lowest BCUT2D eigenvalue weighted by Crippen LogP contribution is -2.05. The quantitative estimate of drug-likeness (QED) is 0.753. The van der Waals surface area contributed by atoms with E-state index in [0.717, 1.165) is 26.7 Å². The molecule has 0 bridgehead atoms. The van der Waals surface area contributed by atoms with Crippen LogP contribution in [0.2, 0.25) is 0 Å². The molecule has 0 unspecified atom stereocenters. The summed E-state index contributed by atoms with van der Waals surface area (Å²) in [6, 6.07) is 13.4. The van der Waals surface area contributed by atoms with Crippen molar-refractivity contribution in [1.82, 2.24) is 0 Å². The lowest BCUT2D eigenvalue weighted by Gasteiger charge is -2.08. The number of ketones is 1. The van der Waals surface area contributed by atoms with E-state index in [9.17, 15) is 4.79 Å². The molecule has 0 aliphatic carbocycles. The molecule has 0 fully saturated rings. The second-order valence-electron chi connectivity index (χ2n) is 4.06. The van der Waals surface area contributed by atoms with E-state index in [4.69, 9.17) is 0 Å². The van der Waals surface area contributed by atoms with Crippen molar-refractivity contribution >= 4 is 21.7 Å². The van der Waals surface area contributed by atoms with Crippen molar-refractivity contribution in [2.24, 2.45) is 0 Å². The van der Waals surface area contributed by atoms with Crippen LogP contribution in [0.5, 0.6) is 0 Å². The molecule has 0 radical (unpaired) electrons. The Kier molecular flexibility index (Phi) is 3.43. The molecule has 0 aromatic heterocycles. The van der Waals surface area contributed by atoms with Crippen LogP contribution in [0.3, 0.4) is 0 Å². The second kappa shape index (κ2) is 4.84. The smallest absolute Gasteiger partial charge is 0.193 e. The van der Waals surface area contributed by atoms with E-state index >= 15 is 0 Å². The van der Waals surface area contributed by atoms with Crippen molar-refractivity contribution in [3.8, 4) is 0 Å². The molecule has 0 aliphatic rings. The molecule has 0 spiro atoms. The van der Waals surface area contributed by atoms with Gasteiger partial charge >= 0.3 is 0 Å². The third kappa shape index (κ3) is 2.32. The molecule has 0 amide bonds. The van der Waals surface area contributed by atoms with Crippen LogP contribution < -0.4 is 0 Å². The van der Waals surface area contributed by atoms with Crippen molar-refractivity contribution in [3.63, 3.8) is 0 Å². The first-order chi connectivity index (χ1) is 8.11. The third-order valence-corrected chi connectivity index (χ3v) is 3.76. The maximum Gasteiger partial charge on any atom is 0.193 e. The van der Waals surface area contributed by atoms with Gasteiger partial charge in [0.1, 0.15) is 0 Å². The van der Waals surface area contributed by atoms with Crippen molar-refractivity contribution in [3.05, 3.63) is 69.2 Å². The minimum absolute atomic E-state index is 0.0851. The molecule has 2 heteroatoms. The normalized spacial score (nSPS) is 10.3. The summed E-state index contributed by atoms with van der Waals surface area (Å²) in [6.45, 7) is 3.91. The molecule has 17 heavy (non-hydrogen) atoms. The molecule has 0 atom stereocenters. The Bertz CT molecular complexity index is 573. The molecule has 2 rings (SSSR count). The summed E-state index contributed by atoms with van der Waals surface area (Å²) < 4.78 is 0.969. The Labute approximate surface area is 110 Å². The Morgan fingerprint density at radius 2 is 1.59 bits per heavy atom. The lowest BCUT2D eigenvalue weighted by molar-refractivity contribution is 0.103. The van der Waals surface area contributed by atoms with Gasteiger partial charge < -0.3 is 0 Å². The first-order valence-electron chi connectivity index (χ1n) is 5.46. The number of rotatable bonds is 2. The van der Waals surface area contributed by atoms with E-state index in [1.165, 1.54) is 0 Å². The van der Waals surface area contributed by atoms with Crippen LogP contribution in [-0.2, 0) is 0 Å². The van der Waals surface area contributed by atoms with Crippen LogP contribution in [-0.4, -0.2) is 5.78 Å². The fourth-order valence-electron chi connectivity index (χ4n) is 1.83. The molecule has 2 aromatic rings. The molecule has 86 valence electrons. The predicted octanol–water partition coefficient (Wildman–Crippen LogP) is 4.30. The topological polar surface area (TPSA) is 17.1 Å². The van der Waals surface area contributed by atoms with Crippen molar-refractivity contribution in [2.45, 2.75) is 13.8 Å². The fourth-order valence-corrected chi connectivity index (χ4v) is 2.19. The van der Waals surface area contributed by atoms with Gasteiger partial charge in [-0.2, -0.15) is 0 Å². The monoisotopic (exact) mass is 288 g/mol. The van der Waals surface area contributed by atoms with Gasteiger partial charge in [-0.25, -0.2) is 0 Å². The predicted molar refractivity (Wildman–Crippen MR) is 73.5 cm³/mol. The van der Waals surface area contributed by atoms with Crippen molar-refractivity contribution in [2.75, 3.05) is 0 Å². The van der Waals surface area contributed by atoms with Gasteiger partial charge in [-0.05, 0) is 31.0 Å². The number of aryl methyl sites for hydroxylation is 1. The van der Waals surface area contributed by atoms with Crippen LogP contribution in [0.15, 0.2) is 46.9 Å². The van der Waals surface area contributed by atoms with Gasteiger partial charge in [0.15, 0.2) is 5.78 Å². The highest BCUT2D eigenvalue weighted by Crippen LogP contribution is 2.22. The summed E-state index contributed by atoms with van der Waals surface area (Å²) in [5, 5.41) is 0. The van der Waals surface area contributed by atoms with Gasteiger partial charge in [-0.15, -0.1) is 0 Å². The molecule has 2 aromatic carbocycles. The summed E-state index contributed by atoms with van der Waals surface area (Å²) in [7, 11) is 0. The zero-order chi connectivity index (χ0) is 12.4. The van der Waals surface area contributed by atoms with E-state index in [1.807, 2.05) is 56.3 Å². The van der Waals surface area contributed by atoms with Crippen LogP contribution in [0.4, 0.5) is 0 Å². The molecule has 0 N–H and O–H groups in total. The van der Waals surface area contributed by atoms with E-state index < -0.39 is 0 Å². The highest BCUT2D eigenvalue weighted by atomic mass is 79.9. The van der Waals surface area contributed by atoms with E-state index in [0.29, 0.717) is 0 Å². The summed E-state index contributed by atoms with van der Waals surface area (Å²) in [4.78, 5) is 12.4. The Hall–Kier alpha value is -1.41. The Morgan fingerprint density at radius 1 is 0.941 bits per heavy atom. The molecule has 1 nitrogen and oxygen atoms in total. The van der Waals surface area contributed by atoms with E-state index in [-0.39, 0.29) is 5.78 Å². The first-order valence-corrected chi connectivity index (χ1v) is 6.26. The van der Waals surface area contributed by atoms with Gasteiger partial charge in [-0.1, -0.05) is 52.3 Å². The van der Waals surface area contributed by atoms with Crippen molar-refractivity contribution in [1.29, 1.82) is 0 Å².